The molecule has 0 saturated carbocycles. The number of ether oxygens (including phenoxy) is 4. The van der Waals surface area contributed by atoms with Gasteiger partial charge in [0.25, 0.3) is 0 Å². The first kappa shape index (κ1) is 17.1. The molecule has 0 bridgehead atoms. The maximum absolute atomic E-state index is 5.55. The zero-order valence-corrected chi connectivity index (χ0v) is 15.1. The topological polar surface area (TPSA) is 49.3 Å². The molecule has 0 unspecified atom stereocenters. The Hall–Kier alpha value is -2.69. The highest BCUT2D eigenvalue weighted by atomic mass is 16.5. The molecule has 0 saturated heterocycles. The van der Waals surface area contributed by atoms with Gasteiger partial charge in [0.15, 0.2) is 23.0 Å². The van der Waals surface area contributed by atoms with Crippen LogP contribution in [0.1, 0.15) is 16.7 Å². The molecule has 5 heteroatoms. The molecule has 2 aromatic carbocycles. The number of aliphatic imine (C=N–C) groups is 1. The molecule has 3 rings (SSSR count). The lowest BCUT2D eigenvalue weighted by Gasteiger charge is -2.21. The summed E-state index contributed by atoms with van der Waals surface area (Å²) in [7, 11) is 6.61. The first-order valence-corrected chi connectivity index (χ1v) is 8.20. The highest BCUT2D eigenvalue weighted by Crippen LogP contribution is 2.35. The molecule has 0 N–H and O–H groups in total. The lowest BCUT2D eigenvalue weighted by molar-refractivity contribution is 0.352. The summed E-state index contributed by atoms with van der Waals surface area (Å²) < 4.78 is 21.8. The number of benzene rings is 2. The Kier molecular flexibility index (Phi) is 5.12. The number of methoxy groups -OCH3 is 4. The van der Waals surface area contributed by atoms with E-state index in [0.717, 1.165) is 47.1 Å². The van der Waals surface area contributed by atoms with Crippen molar-refractivity contribution in [2.24, 2.45) is 4.99 Å². The molecule has 0 radical (unpaired) electrons. The van der Waals surface area contributed by atoms with Crippen molar-refractivity contribution in [1.82, 2.24) is 0 Å². The van der Waals surface area contributed by atoms with Crippen LogP contribution < -0.4 is 18.9 Å². The second kappa shape index (κ2) is 7.47. The van der Waals surface area contributed by atoms with Gasteiger partial charge in [-0.05, 0) is 30.2 Å². The molecule has 2 aromatic rings. The molecular formula is C20H23NO4. The minimum Gasteiger partial charge on any atom is -0.493 e. The summed E-state index contributed by atoms with van der Waals surface area (Å²) in [6.45, 7) is 0.768. The van der Waals surface area contributed by atoms with Crippen molar-refractivity contribution < 1.29 is 18.9 Å². The van der Waals surface area contributed by atoms with Crippen LogP contribution in [0.4, 0.5) is 0 Å². The summed E-state index contributed by atoms with van der Waals surface area (Å²) in [5, 5.41) is 0. The Morgan fingerprint density at radius 1 is 0.880 bits per heavy atom. The van der Waals surface area contributed by atoms with E-state index in [-0.39, 0.29) is 0 Å². The fourth-order valence-corrected chi connectivity index (χ4v) is 3.22. The lowest BCUT2D eigenvalue weighted by atomic mass is 9.92. The summed E-state index contributed by atoms with van der Waals surface area (Å²) in [5.74, 6) is 2.94. The Labute approximate surface area is 148 Å². The van der Waals surface area contributed by atoms with Gasteiger partial charge < -0.3 is 18.9 Å². The number of rotatable bonds is 6. The van der Waals surface area contributed by atoms with E-state index in [0.29, 0.717) is 12.2 Å². The molecule has 5 nitrogen and oxygen atoms in total. The van der Waals surface area contributed by atoms with Gasteiger partial charge in [-0.15, -0.1) is 0 Å². The molecule has 0 atom stereocenters. The van der Waals surface area contributed by atoms with Crippen LogP contribution in [0.5, 0.6) is 23.0 Å². The summed E-state index contributed by atoms with van der Waals surface area (Å²) in [6.07, 6.45) is 1.57. The third-order valence-corrected chi connectivity index (χ3v) is 4.45. The second-order valence-electron chi connectivity index (χ2n) is 5.77. The van der Waals surface area contributed by atoms with Crippen molar-refractivity contribution in [2.75, 3.05) is 35.0 Å². The van der Waals surface area contributed by atoms with Crippen LogP contribution in [-0.2, 0) is 12.8 Å². The fraction of sp³-hybridized carbons (Fsp3) is 0.350. The largest absolute Gasteiger partial charge is 0.493 e. The maximum Gasteiger partial charge on any atom is 0.164 e. The fourth-order valence-electron chi connectivity index (χ4n) is 3.22. The summed E-state index contributed by atoms with van der Waals surface area (Å²) in [5.41, 5.74) is 4.40. The van der Waals surface area contributed by atoms with Gasteiger partial charge in [0.1, 0.15) is 0 Å². The van der Waals surface area contributed by atoms with Gasteiger partial charge in [-0.1, -0.05) is 12.1 Å². The van der Waals surface area contributed by atoms with Gasteiger partial charge in [0.05, 0.1) is 28.4 Å². The van der Waals surface area contributed by atoms with Crippen LogP contribution in [0.15, 0.2) is 35.3 Å². The summed E-state index contributed by atoms with van der Waals surface area (Å²) in [6, 6.07) is 9.96. The van der Waals surface area contributed by atoms with Gasteiger partial charge in [0.2, 0.25) is 0 Å². The molecule has 0 fully saturated rings. The molecular weight excluding hydrogens is 318 g/mol. The highest BCUT2D eigenvalue weighted by Gasteiger charge is 2.20. The predicted molar refractivity (Wildman–Crippen MR) is 97.9 cm³/mol. The molecule has 0 aromatic heterocycles. The Morgan fingerprint density at radius 3 is 2.28 bits per heavy atom. The van der Waals surface area contributed by atoms with E-state index in [4.69, 9.17) is 23.9 Å². The molecule has 25 heavy (non-hydrogen) atoms. The van der Waals surface area contributed by atoms with E-state index in [2.05, 4.69) is 0 Å². The van der Waals surface area contributed by atoms with E-state index in [1.807, 2.05) is 30.3 Å². The van der Waals surface area contributed by atoms with Crippen molar-refractivity contribution in [2.45, 2.75) is 12.8 Å². The standard InChI is InChI=1S/C20H23NO4/c1-22-17-7-5-6-14(20(17)25-4)10-16-15-12-19(24-3)18(23-2)11-13(15)8-9-21-16/h5-7,11-12H,8-10H2,1-4H3. The molecule has 1 aliphatic rings. The minimum atomic E-state index is 0.670. The van der Waals surface area contributed by atoms with E-state index in [1.54, 1.807) is 28.4 Å². The van der Waals surface area contributed by atoms with Gasteiger partial charge in [-0.2, -0.15) is 0 Å². The molecule has 1 aliphatic heterocycles. The zero-order valence-electron chi connectivity index (χ0n) is 15.1. The van der Waals surface area contributed by atoms with Crippen molar-refractivity contribution in [3.05, 3.63) is 47.0 Å². The van der Waals surface area contributed by atoms with Crippen LogP contribution in [0.3, 0.4) is 0 Å². The van der Waals surface area contributed by atoms with Crippen LogP contribution in [0.2, 0.25) is 0 Å². The quantitative estimate of drug-likeness (QED) is 0.809. The molecule has 1 heterocycles. The third kappa shape index (κ3) is 3.27. The van der Waals surface area contributed by atoms with Gasteiger partial charge >= 0.3 is 0 Å². The van der Waals surface area contributed by atoms with Crippen molar-refractivity contribution >= 4 is 5.71 Å². The molecule has 0 spiro atoms. The number of hydrogen-bond acceptors (Lipinski definition) is 5. The Morgan fingerprint density at radius 2 is 1.60 bits per heavy atom. The Bertz CT molecular complexity index is 799. The average Bonchev–Trinajstić information content (AvgIpc) is 2.66. The SMILES string of the molecule is COc1cc2c(cc1OC)C(Cc1cccc(OC)c1OC)=NCC2. The first-order chi connectivity index (χ1) is 12.2. The zero-order chi connectivity index (χ0) is 17.8. The van der Waals surface area contributed by atoms with Crippen molar-refractivity contribution in [1.29, 1.82) is 0 Å². The van der Waals surface area contributed by atoms with E-state index in [9.17, 15) is 0 Å². The maximum atomic E-state index is 5.55. The average molecular weight is 341 g/mol. The van der Waals surface area contributed by atoms with Crippen LogP contribution in [0, 0.1) is 0 Å². The summed E-state index contributed by atoms with van der Waals surface area (Å²) in [4.78, 5) is 4.75. The van der Waals surface area contributed by atoms with Crippen LogP contribution in [-0.4, -0.2) is 40.7 Å². The number of para-hydroxylation sites is 1. The Balaban J connectivity index is 2.00. The van der Waals surface area contributed by atoms with Gasteiger partial charge in [-0.3, -0.25) is 4.99 Å². The predicted octanol–water partition coefficient (Wildman–Crippen LogP) is 3.31. The minimum absolute atomic E-state index is 0.670. The van der Waals surface area contributed by atoms with Crippen molar-refractivity contribution in [3.63, 3.8) is 0 Å². The molecule has 0 aliphatic carbocycles. The first-order valence-electron chi connectivity index (χ1n) is 8.20. The van der Waals surface area contributed by atoms with E-state index >= 15 is 0 Å². The lowest BCUT2D eigenvalue weighted by Crippen LogP contribution is -2.16. The van der Waals surface area contributed by atoms with Gasteiger partial charge in [0, 0.05) is 29.8 Å². The monoisotopic (exact) mass is 341 g/mol. The van der Waals surface area contributed by atoms with E-state index < -0.39 is 0 Å². The number of fused-ring (bicyclic) bond motifs is 1. The molecule has 0 amide bonds. The third-order valence-electron chi connectivity index (χ3n) is 4.45. The second-order valence-corrected chi connectivity index (χ2v) is 5.77. The molecule has 132 valence electrons. The highest BCUT2D eigenvalue weighted by molar-refractivity contribution is 6.04. The van der Waals surface area contributed by atoms with Crippen molar-refractivity contribution in [3.8, 4) is 23.0 Å². The number of hydrogen-bond donors (Lipinski definition) is 0. The van der Waals surface area contributed by atoms with Crippen LogP contribution in [0.25, 0.3) is 0 Å². The summed E-state index contributed by atoms with van der Waals surface area (Å²) >= 11 is 0. The normalized spacial score (nSPS) is 12.9. The van der Waals surface area contributed by atoms with Gasteiger partial charge in [-0.25, -0.2) is 0 Å². The number of nitrogens with zero attached hydrogens (tertiary/aromatic N) is 1. The smallest absolute Gasteiger partial charge is 0.164 e. The van der Waals surface area contributed by atoms with Crippen LogP contribution >= 0.6 is 0 Å². The van der Waals surface area contributed by atoms with E-state index in [1.165, 1.54) is 5.56 Å².